The summed E-state index contributed by atoms with van der Waals surface area (Å²) in [6.45, 7) is 8.54. The third-order valence-corrected chi connectivity index (χ3v) is 8.03. The van der Waals surface area contributed by atoms with Crippen LogP contribution >= 0.6 is 34.5 Å². The molecule has 3 amide bonds. The highest BCUT2D eigenvalue weighted by molar-refractivity contribution is 7.07. The van der Waals surface area contributed by atoms with Crippen LogP contribution in [-0.2, 0) is 6.54 Å². The highest BCUT2D eigenvalue weighted by Gasteiger charge is 2.30. The number of carbonyl (C=O) groups excluding carboxylic acids is 2. The molecule has 1 unspecified atom stereocenters. The molecule has 0 spiro atoms. The van der Waals surface area contributed by atoms with Gasteiger partial charge in [0.05, 0.1) is 11.3 Å². The van der Waals surface area contributed by atoms with Crippen LogP contribution in [0.1, 0.15) is 53.4 Å². The quantitative estimate of drug-likeness (QED) is 0.313. The Morgan fingerprint density at radius 2 is 2.03 bits per heavy atom. The Morgan fingerprint density at radius 1 is 1.26 bits per heavy atom. The van der Waals surface area contributed by atoms with Gasteiger partial charge in [-0.2, -0.15) is 11.3 Å². The van der Waals surface area contributed by atoms with Crippen molar-refractivity contribution in [3.8, 4) is 0 Å². The van der Waals surface area contributed by atoms with Crippen LogP contribution in [0.2, 0.25) is 10.3 Å². The van der Waals surface area contributed by atoms with Crippen molar-refractivity contribution in [2.24, 2.45) is 0 Å². The molecule has 0 bridgehead atoms. The first-order valence-corrected chi connectivity index (χ1v) is 14.3. The van der Waals surface area contributed by atoms with Crippen LogP contribution in [0, 0.1) is 13.8 Å². The summed E-state index contributed by atoms with van der Waals surface area (Å²) >= 11 is 13.7. The van der Waals surface area contributed by atoms with E-state index in [2.05, 4.69) is 38.0 Å². The first kappa shape index (κ1) is 28.4. The number of hydrogen-bond donors (Lipinski definition) is 2. The molecule has 9 nitrogen and oxygen atoms in total. The van der Waals surface area contributed by atoms with E-state index in [1.807, 2.05) is 23.3 Å². The second-order valence-electron chi connectivity index (χ2n) is 9.61. The van der Waals surface area contributed by atoms with Crippen molar-refractivity contribution in [3.63, 3.8) is 0 Å². The van der Waals surface area contributed by atoms with Crippen molar-refractivity contribution in [3.05, 3.63) is 61.6 Å². The maximum atomic E-state index is 13.2. The Morgan fingerprint density at radius 3 is 2.66 bits per heavy atom. The first-order valence-electron chi connectivity index (χ1n) is 12.6. The lowest BCUT2D eigenvalue weighted by Crippen LogP contribution is -2.50. The van der Waals surface area contributed by atoms with Crippen molar-refractivity contribution >= 4 is 52.4 Å². The summed E-state index contributed by atoms with van der Waals surface area (Å²) in [6, 6.07) is 5.57. The van der Waals surface area contributed by atoms with Gasteiger partial charge in [-0.3, -0.25) is 10.1 Å². The lowest BCUT2D eigenvalue weighted by molar-refractivity contribution is 0.0919. The van der Waals surface area contributed by atoms with Crippen LogP contribution in [0.3, 0.4) is 0 Å². The highest BCUT2D eigenvalue weighted by atomic mass is 35.5. The Labute approximate surface area is 236 Å². The zero-order valence-electron chi connectivity index (χ0n) is 21.7. The Hall–Kier alpha value is -2.66. The third-order valence-electron chi connectivity index (χ3n) is 6.83. The lowest BCUT2D eigenvalue weighted by atomic mass is 10.0. The van der Waals surface area contributed by atoms with E-state index in [0.29, 0.717) is 35.8 Å². The minimum Gasteiger partial charge on any atom is -0.352 e. The molecule has 12 heteroatoms. The van der Waals surface area contributed by atoms with Gasteiger partial charge in [0.1, 0.15) is 10.3 Å². The number of thiophene rings is 1. The van der Waals surface area contributed by atoms with Gasteiger partial charge in [0, 0.05) is 44.3 Å². The van der Waals surface area contributed by atoms with E-state index >= 15 is 0 Å². The standard InChI is InChI=1S/C26H32Cl2N6O3S/c1-16-12-21(27)30-24(28)23(16)25(35)29-8-4-18(3)33-9-5-20(6-10-33)34(14-19-7-11-38-15-19)26(36)31-22-13-17(2)32-37-22/h7,11-13,15,18,20H,4-6,8-10,14H2,1-3H3,(H,29,35)(H,31,36). The van der Waals surface area contributed by atoms with E-state index in [1.54, 1.807) is 30.4 Å². The second kappa shape index (κ2) is 12.9. The van der Waals surface area contributed by atoms with Crippen LogP contribution in [0.5, 0.6) is 0 Å². The predicted octanol–water partition coefficient (Wildman–Crippen LogP) is 5.76. The molecule has 0 aliphatic carbocycles. The number of aryl methyl sites for hydroxylation is 2. The number of halogens is 2. The number of hydrogen-bond acceptors (Lipinski definition) is 7. The van der Waals surface area contributed by atoms with Gasteiger partial charge in [-0.1, -0.05) is 28.4 Å². The topological polar surface area (TPSA) is 104 Å². The van der Waals surface area contributed by atoms with Gasteiger partial charge in [0.2, 0.25) is 5.88 Å². The van der Waals surface area contributed by atoms with Crippen molar-refractivity contribution in [1.82, 2.24) is 25.3 Å². The van der Waals surface area contributed by atoms with Gasteiger partial charge >= 0.3 is 6.03 Å². The smallest absolute Gasteiger partial charge is 0.324 e. The number of piperidine rings is 1. The van der Waals surface area contributed by atoms with Crippen molar-refractivity contribution in [2.75, 3.05) is 25.0 Å². The number of anilines is 1. The maximum absolute atomic E-state index is 13.2. The summed E-state index contributed by atoms with van der Waals surface area (Å²) in [5.41, 5.74) is 2.87. The van der Waals surface area contributed by atoms with Crippen LogP contribution in [0.15, 0.2) is 33.5 Å². The minimum atomic E-state index is -0.250. The molecule has 3 aromatic heterocycles. The fourth-order valence-electron chi connectivity index (χ4n) is 4.72. The number of amides is 3. The van der Waals surface area contributed by atoms with E-state index < -0.39 is 0 Å². The molecule has 4 heterocycles. The molecule has 1 aliphatic rings. The molecule has 0 saturated carbocycles. The fourth-order valence-corrected chi connectivity index (χ4v) is 5.99. The maximum Gasteiger partial charge on any atom is 0.324 e. The van der Waals surface area contributed by atoms with E-state index in [9.17, 15) is 9.59 Å². The van der Waals surface area contributed by atoms with Gasteiger partial charge in [-0.15, -0.1) is 0 Å². The van der Waals surface area contributed by atoms with Crippen LogP contribution in [0.4, 0.5) is 10.7 Å². The summed E-state index contributed by atoms with van der Waals surface area (Å²) in [6.07, 6.45) is 2.50. The van der Waals surface area contributed by atoms with Gasteiger partial charge in [0.15, 0.2) is 0 Å². The van der Waals surface area contributed by atoms with E-state index in [0.717, 1.165) is 37.9 Å². The molecule has 38 heavy (non-hydrogen) atoms. The van der Waals surface area contributed by atoms with Gasteiger partial charge in [-0.05, 0) is 74.1 Å². The van der Waals surface area contributed by atoms with Crippen molar-refractivity contribution < 1.29 is 14.1 Å². The Bertz CT molecular complexity index is 1220. The van der Waals surface area contributed by atoms with Crippen molar-refractivity contribution in [1.29, 1.82) is 0 Å². The number of carbonyl (C=O) groups is 2. The SMILES string of the molecule is Cc1cc(NC(=O)N(Cc2ccsc2)C2CCN(C(C)CCNC(=O)c3c(C)cc(Cl)nc3Cl)CC2)on1. The molecule has 1 atom stereocenters. The van der Waals surface area contributed by atoms with Gasteiger partial charge < -0.3 is 19.6 Å². The van der Waals surface area contributed by atoms with Crippen LogP contribution in [-0.4, -0.2) is 63.6 Å². The lowest BCUT2D eigenvalue weighted by Gasteiger charge is -2.40. The van der Waals surface area contributed by atoms with Crippen LogP contribution in [0.25, 0.3) is 0 Å². The number of rotatable bonds is 9. The second-order valence-corrected chi connectivity index (χ2v) is 11.1. The number of nitrogens with one attached hydrogen (secondary N) is 2. The zero-order valence-corrected chi connectivity index (χ0v) is 24.0. The monoisotopic (exact) mass is 578 g/mol. The van der Waals surface area contributed by atoms with E-state index in [1.165, 1.54) is 0 Å². The molecule has 3 aromatic rings. The summed E-state index contributed by atoms with van der Waals surface area (Å²) in [5, 5.41) is 14.1. The van der Waals surface area contributed by atoms with E-state index in [-0.39, 0.29) is 34.3 Å². The summed E-state index contributed by atoms with van der Waals surface area (Å²) in [4.78, 5) is 34.1. The molecule has 1 fully saturated rings. The number of pyridine rings is 1. The molecule has 1 saturated heterocycles. The number of aromatic nitrogens is 2. The number of urea groups is 1. The normalized spacial score (nSPS) is 15.3. The largest absolute Gasteiger partial charge is 0.352 e. The van der Waals surface area contributed by atoms with Crippen LogP contribution < -0.4 is 10.6 Å². The summed E-state index contributed by atoms with van der Waals surface area (Å²) in [7, 11) is 0. The average Bonchev–Trinajstić information content (AvgIpc) is 3.53. The molecule has 0 aromatic carbocycles. The molecule has 204 valence electrons. The highest BCUT2D eigenvalue weighted by Crippen LogP contribution is 2.24. The zero-order chi connectivity index (χ0) is 27.2. The fraction of sp³-hybridized carbons (Fsp3) is 0.462. The number of likely N-dealkylation sites (tertiary alicyclic amines) is 1. The Balaban J connectivity index is 1.29. The van der Waals surface area contributed by atoms with Crippen molar-refractivity contribution in [2.45, 2.75) is 58.7 Å². The minimum absolute atomic E-state index is 0.101. The van der Waals surface area contributed by atoms with Gasteiger partial charge in [-0.25, -0.2) is 9.78 Å². The average molecular weight is 580 g/mol. The first-order chi connectivity index (χ1) is 18.2. The van der Waals surface area contributed by atoms with E-state index in [4.69, 9.17) is 27.7 Å². The Kier molecular flexibility index (Phi) is 9.64. The molecule has 1 aliphatic heterocycles. The number of nitrogens with zero attached hydrogens (tertiary/aromatic N) is 4. The third kappa shape index (κ3) is 7.25. The molecule has 4 rings (SSSR count). The molecule has 0 radical (unpaired) electrons. The molecule has 2 N–H and O–H groups in total. The molecular weight excluding hydrogens is 547 g/mol. The summed E-state index contributed by atoms with van der Waals surface area (Å²) < 4.78 is 5.20. The summed E-state index contributed by atoms with van der Waals surface area (Å²) in [5.74, 6) is 0.0985. The predicted molar refractivity (Wildman–Crippen MR) is 150 cm³/mol. The van der Waals surface area contributed by atoms with Gasteiger partial charge in [0.25, 0.3) is 5.91 Å². The molecular formula is C26H32Cl2N6O3S.